The molecule has 1 aliphatic heterocycles. The van der Waals surface area contributed by atoms with Crippen molar-refractivity contribution in [3.05, 3.63) is 16.5 Å². The Bertz CT molecular complexity index is 542. The largest absolute Gasteiger partial charge is 0.465 e. The lowest BCUT2D eigenvalue weighted by molar-refractivity contribution is -0.908. The van der Waals surface area contributed by atoms with Crippen molar-refractivity contribution in [2.45, 2.75) is 13.3 Å². The number of esters is 1. The molecule has 0 radical (unpaired) electrons. The number of aryl methyl sites for hydroxylation is 1. The lowest BCUT2D eigenvalue weighted by atomic mass is 10.3. The van der Waals surface area contributed by atoms with E-state index in [0.29, 0.717) is 9.99 Å². The first-order valence-corrected chi connectivity index (χ1v) is 8.97. The molecule has 2 heterocycles. The van der Waals surface area contributed by atoms with E-state index in [4.69, 9.17) is 21.7 Å². The maximum absolute atomic E-state index is 11.6. The second-order valence-electron chi connectivity index (χ2n) is 5.46. The summed E-state index contributed by atoms with van der Waals surface area (Å²) in [7, 11) is 1.39. The molecule has 0 amide bonds. The Kier molecular flexibility index (Phi) is 7.22. The molecule has 3 N–H and O–H groups in total. The Morgan fingerprint density at radius 3 is 2.91 bits per heavy atom. The molecule has 0 bridgehead atoms. The van der Waals surface area contributed by atoms with Crippen molar-refractivity contribution < 1.29 is 19.2 Å². The molecular weight excluding hydrogens is 334 g/mol. The highest BCUT2D eigenvalue weighted by molar-refractivity contribution is 7.80. The van der Waals surface area contributed by atoms with Crippen molar-refractivity contribution in [1.82, 2.24) is 5.32 Å². The molecule has 0 spiro atoms. The minimum Gasteiger partial charge on any atom is -0.465 e. The highest BCUT2D eigenvalue weighted by Gasteiger charge is 2.15. The van der Waals surface area contributed by atoms with Gasteiger partial charge in [0.25, 0.3) is 0 Å². The van der Waals surface area contributed by atoms with Crippen LogP contribution in [0.25, 0.3) is 0 Å². The molecule has 23 heavy (non-hydrogen) atoms. The molecule has 1 aliphatic rings. The number of hydrogen-bond donors (Lipinski definition) is 3. The number of hydrogen-bond acceptors (Lipinski definition) is 5. The van der Waals surface area contributed by atoms with Gasteiger partial charge in [0.15, 0.2) is 5.11 Å². The van der Waals surface area contributed by atoms with E-state index < -0.39 is 0 Å². The number of carbonyl (C=O) groups excluding carboxylic acids is 1. The first kappa shape index (κ1) is 18.1. The molecule has 0 atom stereocenters. The first-order chi connectivity index (χ1) is 11.1. The standard InChI is InChI=1S/C15H23N3O3S2/c1-11-10-12(23-13(11)14(19)20-2)17-15(22)16-4-3-5-18-6-8-21-9-7-18/h10H,3-9H2,1-2H3,(H2,16,17,22)/p+1. The summed E-state index contributed by atoms with van der Waals surface area (Å²) >= 11 is 6.65. The van der Waals surface area contributed by atoms with E-state index in [1.165, 1.54) is 18.4 Å². The summed E-state index contributed by atoms with van der Waals surface area (Å²) in [5, 5.41) is 7.76. The van der Waals surface area contributed by atoms with Crippen LogP contribution in [0, 0.1) is 6.92 Å². The van der Waals surface area contributed by atoms with Crippen LogP contribution in [0.5, 0.6) is 0 Å². The van der Waals surface area contributed by atoms with Crippen molar-refractivity contribution in [2.75, 3.05) is 51.8 Å². The third-order valence-electron chi connectivity index (χ3n) is 3.72. The number of quaternary nitrogens is 1. The first-order valence-electron chi connectivity index (χ1n) is 7.75. The molecule has 1 aromatic heterocycles. The summed E-state index contributed by atoms with van der Waals surface area (Å²) in [6, 6.07) is 1.91. The fourth-order valence-electron chi connectivity index (χ4n) is 2.45. The van der Waals surface area contributed by atoms with Gasteiger partial charge in [-0.3, -0.25) is 0 Å². The average Bonchev–Trinajstić information content (AvgIpc) is 2.92. The van der Waals surface area contributed by atoms with Gasteiger partial charge in [-0.25, -0.2) is 4.79 Å². The summed E-state index contributed by atoms with van der Waals surface area (Å²) in [4.78, 5) is 13.8. The second kappa shape index (κ2) is 9.17. The molecule has 1 fully saturated rings. The van der Waals surface area contributed by atoms with Gasteiger partial charge in [0, 0.05) is 13.0 Å². The van der Waals surface area contributed by atoms with Gasteiger partial charge >= 0.3 is 5.97 Å². The van der Waals surface area contributed by atoms with Crippen LogP contribution in [0.2, 0.25) is 0 Å². The van der Waals surface area contributed by atoms with E-state index in [9.17, 15) is 4.79 Å². The quantitative estimate of drug-likeness (QED) is 0.390. The van der Waals surface area contributed by atoms with E-state index in [0.717, 1.165) is 56.4 Å². The summed E-state index contributed by atoms with van der Waals surface area (Å²) < 4.78 is 10.1. The maximum atomic E-state index is 11.6. The van der Waals surface area contributed by atoms with Gasteiger partial charge in [-0.2, -0.15) is 0 Å². The zero-order valence-corrected chi connectivity index (χ0v) is 15.2. The molecule has 0 aliphatic carbocycles. The highest BCUT2D eigenvalue weighted by atomic mass is 32.1. The third kappa shape index (κ3) is 5.72. The van der Waals surface area contributed by atoms with Crippen LogP contribution in [-0.4, -0.2) is 57.6 Å². The second-order valence-corrected chi connectivity index (χ2v) is 6.92. The molecule has 0 saturated carbocycles. The predicted octanol–water partition coefficient (Wildman–Crippen LogP) is 0.435. The van der Waals surface area contributed by atoms with Gasteiger partial charge in [-0.05, 0) is 30.8 Å². The number of ether oxygens (including phenoxy) is 2. The molecule has 128 valence electrons. The monoisotopic (exact) mass is 358 g/mol. The van der Waals surface area contributed by atoms with E-state index >= 15 is 0 Å². The Morgan fingerprint density at radius 2 is 2.22 bits per heavy atom. The Labute approximate surface area is 146 Å². The molecule has 1 saturated heterocycles. The molecule has 2 rings (SSSR count). The number of thiocarbonyl (C=S) groups is 1. The van der Waals surface area contributed by atoms with Crippen LogP contribution in [-0.2, 0) is 9.47 Å². The molecule has 0 unspecified atom stereocenters. The Balaban J connectivity index is 1.69. The lowest BCUT2D eigenvalue weighted by Crippen LogP contribution is -3.14. The number of nitrogens with one attached hydrogen (secondary N) is 3. The van der Waals surface area contributed by atoms with E-state index in [2.05, 4.69) is 10.6 Å². The SMILES string of the molecule is COC(=O)c1sc(NC(=S)NCCC[NH+]2CCOCC2)cc1C. The minimum absolute atomic E-state index is 0.312. The zero-order valence-electron chi connectivity index (χ0n) is 13.6. The smallest absolute Gasteiger partial charge is 0.348 e. The van der Waals surface area contributed by atoms with Crippen molar-refractivity contribution in [3.63, 3.8) is 0 Å². The number of carbonyl (C=O) groups is 1. The lowest BCUT2D eigenvalue weighted by Gasteiger charge is -2.23. The topological polar surface area (TPSA) is 64.0 Å². The van der Waals surface area contributed by atoms with Crippen molar-refractivity contribution in [1.29, 1.82) is 0 Å². The van der Waals surface area contributed by atoms with Gasteiger partial charge in [0.1, 0.15) is 18.0 Å². The van der Waals surface area contributed by atoms with Gasteiger partial charge in [-0.15, -0.1) is 11.3 Å². The minimum atomic E-state index is -0.312. The predicted molar refractivity (Wildman–Crippen MR) is 95.6 cm³/mol. The number of rotatable bonds is 6. The van der Waals surface area contributed by atoms with Crippen LogP contribution < -0.4 is 15.5 Å². The van der Waals surface area contributed by atoms with Crippen LogP contribution in [0.3, 0.4) is 0 Å². The van der Waals surface area contributed by atoms with Crippen LogP contribution >= 0.6 is 23.6 Å². The van der Waals surface area contributed by atoms with Crippen molar-refractivity contribution in [2.24, 2.45) is 0 Å². The number of methoxy groups -OCH3 is 1. The van der Waals surface area contributed by atoms with Crippen molar-refractivity contribution in [3.8, 4) is 0 Å². The Morgan fingerprint density at radius 1 is 1.48 bits per heavy atom. The van der Waals surface area contributed by atoms with Crippen LogP contribution in [0.1, 0.15) is 21.7 Å². The van der Waals surface area contributed by atoms with Crippen LogP contribution in [0.15, 0.2) is 6.07 Å². The van der Waals surface area contributed by atoms with E-state index in [-0.39, 0.29) is 5.97 Å². The summed E-state index contributed by atoms with van der Waals surface area (Å²) in [6.07, 6.45) is 1.06. The van der Waals surface area contributed by atoms with Gasteiger partial charge in [0.2, 0.25) is 0 Å². The molecule has 8 heteroatoms. The van der Waals surface area contributed by atoms with Crippen LogP contribution in [0.4, 0.5) is 5.00 Å². The number of morpholine rings is 1. The normalized spacial score (nSPS) is 15.2. The Hall–Kier alpha value is -1.22. The molecule has 1 aromatic rings. The van der Waals surface area contributed by atoms with Crippen molar-refractivity contribution >= 4 is 39.6 Å². The zero-order chi connectivity index (χ0) is 16.7. The van der Waals surface area contributed by atoms with Gasteiger partial charge < -0.3 is 25.0 Å². The molecule has 6 nitrogen and oxygen atoms in total. The van der Waals surface area contributed by atoms with E-state index in [1.807, 2.05) is 13.0 Å². The number of thiophene rings is 1. The van der Waals surface area contributed by atoms with Gasteiger partial charge in [-0.1, -0.05) is 0 Å². The molecule has 0 aromatic carbocycles. The van der Waals surface area contributed by atoms with Gasteiger partial charge in [0.05, 0.1) is 31.9 Å². The van der Waals surface area contributed by atoms with E-state index in [1.54, 1.807) is 4.90 Å². The summed E-state index contributed by atoms with van der Waals surface area (Å²) in [6.45, 7) is 7.76. The summed E-state index contributed by atoms with van der Waals surface area (Å²) in [5.74, 6) is -0.312. The average molecular weight is 359 g/mol. The number of anilines is 1. The fraction of sp³-hybridized carbons (Fsp3) is 0.600. The summed E-state index contributed by atoms with van der Waals surface area (Å²) in [5.41, 5.74) is 0.892. The molecular formula is C15H24N3O3S2+. The highest BCUT2D eigenvalue weighted by Crippen LogP contribution is 2.27. The third-order valence-corrected chi connectivity index (χ3v) is 5.10. The fourth-order valence-corrected chi connectivity index (χ4v) is 3.72. The maximum Gasteiger partial charge on any atom is 0.348 e.